The number of alkyl halides is 2. The Morgan fingerprint density at radius 2 is 1.93 bits per heavy atom. The van der Waals surface area contributed by atoms with Gasteiger partial charge in [-0.25, -0.2) is 8.78 Å². The molecule has 154 valence electrons. The molecule has 2 aliphatic heterocycles. The molecule has 1 aromatic rings. The van der Waals surface area contributed by atoms with Gasteiger partial charge >= 0.3 is 0 Å². The van der Waals surface area contributed by atoms with Crippen molar-refractivity contribution >= 4 is 17.5 Å². The van der Waals surface area contributed by atoms with Crippen LogP contribution in [-0.2, 0) is 9.59 Å². The van der Waals surface area contributed by atoms with E-state index >= 15 is 0 Å². The molecule has 6 nitrogen and oxygen atoms in total. The van der Waals surface area contributed by atoms with Crippen molar-refractivity contribution in [1.29, 1.82) is 0 Å². The van der Waals surface area contributed by atoms with Gasteiger partial charge in [-0.2, -0.15) is 0 Å². The molecular weight excluding hydrogens is 368 g/mol. The zero-order valence-corrected chi connectivity index (χ0v) is 16.1. The topological polar surface area (TPSA) is 61.9 Å². The van der Waals surface area contributed by atoms with Crippen molar-refractivity contribution in [2.45, 2.75) is 31.6 Å². The van der Waals surface area contributed by atoms with Crippen LogP contribution in [0, 0.1) is 5.92 Å². The van der Waals surface area contributed by atoms with Gasteiger partial charge in [0.15, 0.2) is 0 Å². The Labute approximate surface area is 163 Å². The number of methoxy groups -OCH3 is 1. The molecule has 0 aliphatic carbocycles. The number of benzene rings is 1. The van der Waals surface area contributed by atoms with Crippen molar-refractivity contribution in [2.24, 2.45) is 5.92 Å². The fourth-order valence-electron chi connectivity index (χ4n) is 3.85. The Hall–Kier alpha value is -2.22. The van der Waals surface area contributed by atoms with Gasteiger partial charge in [0.1, 0.15) is 5.75 Å². The molecular formula is C20H27F2N3O3. The van der Waals surface area contributed by atoms with E-state index in [0.717, 1.165) is 19.4 Å². The van der Waals surface area contributed by atoms with E-state index in [-0.39, 0.29) is 50.2 Å². The van der Waals surface area contributed by atoms with Crippen molar-refractivity contribution in [2.75, 3.05) is 45.2 Å². The quantitative estimate of drug-likeness (QED) is 0.833. The first-order valence-electron chi connectivity index (χ1n) is 9.70. The molecule has 1 N–H and O–H groups in total. The van der Waals surface area contributed by atoms with E-state index in [2.05, 4.69) is 5.32 Å². The number of nitrogens with zero attached hydrogens (tertiary/aromatic N) is 2. The molecule has 1 unspecified atom stereocenters. The molecule has 2 fully saturated rings. The Bertz CT molecular complexity index is 704. The second-order valence-electron chi connectivity index (χ2n) is 7.50. The highest BCUT2D eigenvalue weighted by Crippen LogP contribution is 2.29. The third-order valence-corrected chi connectivity index (χ3v) is 5.41. The van der Waals surface area contributed by atoms with E-state index < -0.39 is 5.92 Å². The predicted molar refractivity (Wildman–Crippen MR) is 102 cm³/mol. The maximum absolute atomic E-state index is 13.3. The lowest BCUT2D eigenvalue weighted by Gasteiger charge is -2.37. The van der Waals surface area contributed by atoms with Crippen LogP contribution < -0.4 is 10.1 Å². The highest BCUT2D eigenvalue weighted by atomic mass is 19.3. The summed E-state index contributed by atoms with van der Waals surface area (Å²) in [6.45, 7) is 1.61. The number of anilines is 1. The first-order valence-corrected chi connectivity index (χ1v) is 9.70. The number of carbonyl (C=O) groups is 2. The molecule has 2 aliphatic rings. The van der Waals surface area contributed by atoms with Gasteiger partial charge in [0.2, 0.25) is 11.8 Å². The third-order valence-electron chi connectivity index (χ3n) is 5.41. The average Bonchev–Trinajstić information content (AvgIpc) is 2.68. The number of piperidine rings is 2. The molecule has 8 heteroatoms. The molecule has 2 amide bonds. The lowest BCUT2D eigenvalue weighted by molar-refractivity contribution is -0.143. The molecule has 1 aromatic carbocycles. The summed E-state index contributed by atoms with van der Waals surface area (Å²) in [6, 6.07) is 7.18. The molecule has 28 heavy (non-hydrogen) atoms. The Morgan fingerprint density at radius 3 is 2.64 bits per heavy atom. The maximum Gasteiger partial charge on any atom is 0.251 e. The summed E-state index contributed by atoms with van der Waals surface area (Å²) >= 11 is 0. The molecule has 2 heterocycles. The molecule has 0 radical (unpaired) electrons. The van der Waals surface area contributed by atoms with Gasteiger partial charge in [-0.1, -0.05) is 12.1 Å². The van der Waals surface area contributed by atoms with Gasteiger partial charge in [0.05, 0.1) is 25.3 Å². The van der Waals surface area contributed by atoms with Crippen LogP contribution in [0.2, 0.25) is 0 Å². The van der Waals surface area contributed by atoms with Crippen LogP contribution in [0.15, 0.2) is 24.3 Å². The zero-order chi connectivity index (χ0) is 20.1. The van der Waals surface area contributed by atoms with Crippen molar-refractivity contribution in [3.63, 3.8) is 0 Å². The monoisotopic (exact) mass is 395 g/mol. The predicted octanol–water partition coefficient (Wildman–Crippen LogP) is 2.60. The highest BCUT2D eigenvalue weighted by Gasteiger charge is 2.38. The normalized spacial score (nSPS) is 22.5. The van der Waals surface area contributed by atoms with E-state index in [4.69, 9.17) is 4.74 Å². The minimum Gasteiger partial charge on any atom is -0.495 e. The number of hydrogen-bond acceptors (Lipinski definition) is 4. The second-order valence-corrected chi connectivity index (χ2v) is 7.50. The van der Waals surface area contributed by atoms with Crippen molar-refractivity contribution in [1.82, 2.24) is 9.80 Å². The van der Waals surface area contributed by atoms with Gasteiger partial charge in [-0.3, -0.25) is 14.5 Å². The van der Waals surface area contributed by atoms with Gasteiger partial charge in [-0.05, 0) is 31.5 Å². The average molecular weight is 395 g/mol. The van der Waals surface area contributed by atoms with Crippen molar-refractivity contribution < 1.29 is 23.1 Å². The number of likely N-dealkylation sites (tertiary alicyclic amines) is 2. The Kier molecular flexibility index (Phi) is 6.49. The standard InChI is InChI=1S/C20H27F2N3O3/c1-28-17-7-3-2-6-16(17)23-18(26)14-24-10-4-5-15(13-24)19(27)25-11-8-20(21,22)9-12-25/h2-3,6-7,15H,4-5,8-14H2,1H3,(H,23,26). The van der Waals surface area contributed by atoms with Crippen LogP contribution in [0.3, 0.4) is 0 Å². The smallest absolute Gasteiger partial charge is 0.251 e. The van der Waals surface area contributed by atoms with Crippen molar-refractivity contribution in [3.05, 3.63) is 24.3 Å². The summed E-state index contributed by atoms with van der Waals surface area (Å²) in [7, 11) is 1.54. The fourth-order valence-corrected chi connectivity index (χ4v) is 3.85. The van der Waals surface area contributed by atoms with E-state index in [1.807, 2.05) is 17.0 Å². The van der Waals surface area contributed by atoms with E-state index in [9.17, 15) is 18.4 Å². The largest absolute Gasteiger partial charge is 0.495 e. The minimum atomic E-state index is -2.66. The summed E-state index contributed by atoms with van der Waals surface area (Å²) in [5, 5.41) is 2.84. The van der Waals surface area contributed by atoms with Gasteiger partial charge < -0.3 is 15.0 Å². The maximum atomic E-state index is 13.3. The number of rotatable bonds is 5. The number of para-hydroxylation sites is 2. The fraction of sp³-hybridized carbons (Fsp3) is 0.600. The molecule has 0 saturated carbocycles. The SMILES string of the molecule is COc1ccccc1NC(=O)CN1CCCC(C(=O)N2CCC(F)(F)CC2)C1. The molecule has 2 saturated heterocycles. The van der Waals surface area contributed by atoms with Crippen LogP contribution >= 0.6 is 0 Å². The van der Waals surface area contributed by atoms with Crippen LogP contribution in [0.4, 0.5) is 14.5 Å². The number of amides is 2. The summed E-state index contributed by atoms with van der Waals surface area (Å²) < 4.78 is 31.9. The number of carbonyl (C=O) groups excluding carboxylic acids is 2. The number of ether oxygens (including phenoxy) is 1. The third kappa shape index (κ3) is 5.19. The summed E-state index contributed by atoms with van der Waals surface area (Å²) in [5.74, 6) is -2.55. The summed E-state index contributed by atoms with van der Waals surface area (Å²) in [4.78, 5) is 28.6. The summed E-state index contributed by atoms with van der Waals surface area (Å²) in [6.07, 6.45) is 1.01. The lowest BCUT2D eigenvalue weighted by atomic mass is 9.95. The first kappa shape index (κ1) is 20.5. The zero-order valence-electron chi connectivity index (χ0n) is 16.1. The first-order chi connectivity index (χ1) is 13.4. The molecule has 0 spiro atoms. The van der Waals surface area contributed by atoms with Crippen LogP contribution in [0.25, 0.3) is 0 Å². The minimum absolute atomic E-state index is 0.0645. The Morgan fingerprint density at radius 1 is 1.21 bits per heavy atom. The highest BCUT2D eigenvalue weighted by molar-refractivity contribution is 5.93. The van der Waals surface area contributed by atoms with E-state index in [1.165, 1.54) is 0 Å². The van der Waals surface area contributed by atoms with Crippen LogP contribution in [-0.4, -0.2) is 67.4 Å². The van der Waals surface area contributed by atoms with Gasteiger partial charge in [0, 0.05) is 32.5 Å². The molecule has 0 aromatic heterocycles. The van der Waals surface area contributed by atoms with Crippen LogP contribution in [0.5, 0.6) is 5.75 Å². The van der Waals surface area contributed by atoms with Crippen LogP contribution in [0.1, 0.15) is 25.7 Å². The van der Waals surface area contributed by atoms with E-state index in [0.29, 0.717) is 18.0 Å². The Balaban J connectivity index is 1.52. The summed E-state index contributed by atoms with van der Waals surface area (Å²) in [5.41, 5.74) is 0.605. The number of halogens is 2. The van der Waals surface area contributed by atoms with Crippen molar-refractivity contribution in [3.8, 4) is 5.75 Å². The van der Waals surface area contributed by atoms with Gasteiger partial charge in [-0.15, -0.1) is 0 Å². The molecule has 0 bridgehead atoms. The van der Waals surface area contributed by atoms with Gasteiger partial charge in [0.25, 0.3) is 5.92 Å². The molecule has 1 atom stereocenters. The lowest BCUT2D eigenvalue weighted by Crippen LogP contribution is -2.49. The number of nitrogens with one attached hydrogen (secondary N) is 1. The molecule has 3 rings (SSSR count). The van der Waals surface area contributed by atoms with E-state index in [1.54, 1.807) is 24.1 Å². The second kappa shape index (κ2) is 8.86. The number of hydrogen-bond donors (Lipinski definition) is 1.